The van der Waals surface area contributed by atoms with Gasteiger partial charge in [-0.3, -0.25) is 4.99 Å². The lowest BCUT2D eigenvalue weighted by Gasteiger charge is -2.17. The molecule has 1 aliphatic rings. The van der Waals surface area contributed by atoms with Gasteiger partial charge in [0.25, 0.3) is 0 Å². The first-order valence-corrected chi connectivity index (χ1v) is 3.69. The fraction of sp³-hybridized carbons (Fsp3) is 0.375. The normalized spacial score (nSPS) is 16.6. The van der Waals surface area contributed by atoms with Crippen LogP contribution in [0.1, 0.15) is 0 Å². The molecule has 0 bridgehead atoms. The molecule has 0 aromatic heterocycles. The van der Waals surface area contributed by atoms with Crippen LogP contribution in [0.4, 0.5) is 0 Å². The van der Waals surface area contributed by atoms with Crippen molar-refractivity contribution in [2.45, 2.75) is 0 Å². The predicted octanol–water partition coefficient (Wildman–Crippen LogP) is 0.359. The number of aliphatic imine (C=N–C) groups is 1. The van der Waals surface area contributed by atoms with E-state index in [9.17, 15) is 0 Å². The Morgan fingerprint density at radius 1 is 1.55 bits per heavy atom. The van der Waals surface area contributed by atoms with Crippen molar-refractivity contribution in [1.82, 2.24) is 4.90 Å². The van der Waals surface area contributed by atoms with Gasteiger partial charge in [0.2, 0.25) is 0 Å². The van der Waals surface area contributed by atoms with Crippen LogP contribution in [-0.4, -0.2) is 30.9 Å². The van der Waals surface area contributed by atoms with Crippen molar-refractivity contribution in [3.8, 4) is 0 Å². The zero-order chi connectivity index (χ0) is 7.94. The van der Waals surface area contributed by atoms with Crippen molar-refractivity contribution in [1.29, 1.82) is 0 Å². The fourth-order valence-electron chi connectivity index (χ4n) is 0.845. The van der Waals surface area contributed by atoms with Crippen molar-refractivity contribution < 1.29 is 0 Å². The zero-order valence-electron chi connectivity index (χ0n) is 6.48. The van der Waals surface area contributed by atoms with E-state index in [1.54, 1.807) is 0 Å². The molecule has 0 amide bonds. The largest absolute Gasteiger partial charge is 0.355 e. The lowest BCUT2D eigenvalue weighted by Crippen LogP contribution is -2.19. The summed E-state index contributed by atoms with van der Waals surface area (Å²) >= 11 is 0. The number of nitrogens with two attached hydrogens (primary N) is 1. The van der Waals surface area contributed by atoms with E-state index in [4.69, 9.17) is 5.73 Å². The summed E-state index contributed by atoms with van der Waals surface area (Å²) in [7, 11) is 0. The summed E-state index contributed by atoms with van der Waals surface area (Å²) in [5.41, 5.74) is 5.29. The minimum Gasteiger partial charge on any atom is -0.355 e. The van der Waals surface area contributed by atoms with Gasteiger partial charge < -0.3 is 10.6 Å². The molecule has 2 N–H and O–H groups in total. The molecule has 0 aliphatic carbocycles. The second-order valence-electron chi connectivity index (χ2n) is 2.29. The van der Waals surface area contributed by atoms with E-state index in [1.807, 2.05) is 30.6 Å². The van der Waals surface area contributed by atoms with Crippen molar-refractivity contribution in [3.63, 3.8) is 0 Å². The number of hydrogen-bond donors (Lipinski definition) is 1. The van der Waals surface area contributed by atoms with Crippen LogP contribution in [0.25, 0.3) is 0 Å². The van der Waals surface area contributed by atoms with Gasteiger partial charge in [0, 0.05) is 25.5 Å². The van der Waals surface area contributed by atoms with Crippen LogP contribution < -0.4 is 5.73 Å². The quantitative estimate of drug-likeness (QED) is 0.592. The summed E-state index contributed by atoms with van der Waals surface area (Å²) in [5.74, 6) is 0. The first kappa shape index (κ1) is 8.01. The maximum atomic E-state index is 5.29. The summed E-state index contributed by atoms with van der Waals surface area (Å²) in [4.78, 5) is 6.19. The van der Waals surface area contributed by atoms with Gasteiger partial charge in [-0.2, -0.15) is 0 Å². The molecular formula is C8H13N3. The molecule has 0 saturated heterocycles. The number of rotatable bonds is 3. The standard InChI is InChI=1S/C8H13N3/c9-4-1-2-6-11-7-3-5-10-8-11/h1-3,5,7H,4,6,8-9H2/b2-1-. The summed E-state index contributed by atoms with van der Waals surface area (Å²) in [5, 5.41) is 0. The zero-order valence-corrected chi connectivity index (χ0v) is 6.48. The van der Waals surface area contributed by atoms with Gasteiger partial charge in [0.05, 0.1) is 0 Å². The molecule has 0 atom stereocenters. The van der Waals surface area contributed by atoms with Crippen LogP contribution in [0.2, 0.25) is 0 Å². The van der Waals surface area contributed by atoms with Crippen LogP contribution in [0.3, 0.4) is 0 Å². The Bertz CT molecular complexity index is 182. The second-order valence-corrected chi connectivity index (χ2v) is 2.29. The first-order valence-electron chi connectivity index (χ1n) is 3.69. The van der Waals surface area contributed by atoms with Crippen molar-refractivity contribution in [2.24, 2.45) is 10.7 Å². The van der Waals surface area contributed by atoms with Crippen molar-refractivity contribution in [2.75, 3.05) is 19.8 Å². The van der Waals surface area contributed by atoms with Crippen LogP contribution in [0.5, 0.6) is 0 Å². The molecule has 0 radical (unpaired) electrons. The summed E-state index contributed by atoms with van der Waals surface area (Å²) < 4.78 is 0. The number of allylic oxidation sites excluding steroid dienone is 1. The van der Waals surface area contributed by atoms with E-state index < -0.39 is 0 Å². The van der Waals surface area contributed by atoms with Gasteiger partial charge in [-0.1, -0.05) is 12.2 Å². The Labute approximate surface area is 66.9 Å². The molecule has 0 aromatic carbocycles. The third-order valence-electron chi connectivity index (χ3n) is 1.39. The van der Waals surface area contributed by atoms with Gasteiger partial charge in [-0.15, -0.1) is 0 Å². The minimum atomic E-state index is 0.612. The Morgan fingerprint density at radius 3 is 3.09 bits per heavy atom. The van der Waals surface area contributed by atoms with E-state index in [0.717, 1.165) is 13.2 Å². The SMILES string of the molecule is NC/C=C\CN1C=CC=NC1. The third-order valence-corrected chi connectivity index (χ3v) is 1.39. The molecule has 11 heavy (non-hydrogen) atoms. The molecule has 0 spiro atoms. The maximum absolute atomic E-state index is 5.29. The van der Waals surface area contributed by atoms with Crippen LogP contribution >= 0.6 is 0 Å². The first-order chi connectivity index (χ1) is 5.43. The molecule has 1 heterocycles. The van der Waals surface area contributed by atoms with Gasteiger partial charge in [0.15, 0.2) is 0 Å². The lowest BCUT2D eigenvalue weighted by atomic mass is 10.4. The highest BCUT2D eigenvalue weighted by Gasteiger charge is 1.94. The van der Waals surface area contributed by atoms with E-state index >= 15 is 0 Å². The predicted molar refractivity (Wildman–Crippen MR) is 47.4 cm³/mol. The molecule has 3 nitrogen and oxygen atoms in total. The fourth-order valence-corrected chi connectivity index (χ4v) is 0.845. The average Bonchev–Trinajstić information content (AvgIpc) is 2.07. The summed E-state index contributed by atoms with van der Waals surface area (Å²) in [6, 6.07) is 0. The Kier molecular flexibility index (Phi) is 3.41. The van der Waals surface area contributed by atoms with Gasteiger partial charge in [-0.25, -0.2) is 0 Å². The topological polar surface area (TPSA) is 41.6 Å². The van der Waals surface area contributed by atoms with E-state index in [0.29, 0.717) is 6.54 Å². The monoisotopic (exact) mass is 151 g/mol. The molecule has 0 unspecified atom stereocenters. The maximum Gasteiger partial charge on any atom is 0.110 e. The summed E-state index contributed by atoms with van der Waals surface area (Å²) in [6.07, 6.45) is 9.76. The number of nitrogens with zero attached hydrogens (tertiary/aromatic N) is 2. The van der Waals surface area contributed by atoms with Crippen LogP contribution in [0, 0.1) is 0 Å². The number of hydrogen-bond acceptors (Lipinski definition) is 3. The highest BCUT2D eigenvalue weighted by atomic mass is 15.2. The smallest absolute Gasteiger partial charge is 0.110 e. The highest BCUT2D eigenvalue weighted by Crippen LogP contribution is 1.94. The van der Waals surface area contributed by atoms with Crippen LogP contribution in [0.15, 0.2) is 29.4 Å². The molecule has 1 rings (SSSR count). The molecule has 0 aromatic rings. The molecular weight excluding hydrogens is 138 g/mol. The molecule has 1 aliphatic heterocycles. The van der Waals surface area contributed by atoms with Crippen molar-refractivity contribution >= 4 is 6.21 Å². The van der Waals surface area contributed by atoms with Gasteiger partial charge in [-0.05, 0) is 6.08 Å². The third kappa shape index (κ3) is 3.00. The van der Waals surface area contributed by atoms with E-state index in [-0.39, 0.29) is 0 Å². The van der Waals surface area contributed by atoms with E-state index in [1.165, 1.54) is 0 Å². The molecule has 0 fully saturated rings. The second kappa shape index (κ2) is 4.68. The summed E-state index contributed by atoms with van der Waals surface area (Å²) in [6.45, 7) is 2.26. The van der Waals surface area contributed by atoms with Gasteiger partial charge >= 0.3 is 0 Å². The Hall–Kier alpha value is -1.09. The Balaban J connectivity index is 2.22. The lowest BCUT2D eigenvalue weighted by molar-refractivity contribution is 0.427. The molecule has 60 valence electrons. The average molecular weight is 151 g/mol. The van der Waals surface area contributed by atoms with Gasteiger partial charge in [0.1, 0.15) is 6.67 Å². The molecule has 3 heteroatoms. The Morgan fingerprint density at radius 2 is 2.45 bits per heavy atom. The van der Waals surface area contributed by atoms with Crippen molar-refractivity contribution in [3.05, 3.63) is 24.4 Å². The van der Waals surface area contributed by atoms with Crippen LogP contribution in [-0.2, 0) is 0 Å². The highest BCUT2D eigenvalue weighted by molar-refractivity contribution is 5.71. The minimum absolute atomic E-state index is 0.612. The molecule has 0 saturated carbocycles. The van der Waals surface area contributed by atoms with E-state index in [2.05, 4.69) is 9.89 Å².